The SMILES string of the molecule is NC1CCN(C(=O)c2ccc(Br)nc2)C1. The number of halogens is 1. The van der Waals surface area contributed by atoms with Crippen molar-refractivity contribution < 1.29 is 4.79 Å². The number of nitrogens with zero attached hydrogens (tertiary/aromatic N) is 2. The molecule has 1 aliphatic heterocycles. The van der Waals surface area contributed by atoms with Crippen molar-refractivity contribution >= 4 is 21.8 Å². The minimum Gasteiger partial charge on any atom is -0.337 e. The van der Waals surface area contributed by atoms with Gasteiger partial charge in [0.25, 0.3) is 5.91 Å². The highest BCUT2D eigenvalue weighted by molar-refractivity contribution is 9.10. The fourth-order valence-electron chi connectivity index (χ4n) is 1.66. The van der Waals surface area contributed by atoms with Gasteiger partial charge in [-0.15, -0.1) is 0 Å². The van der Waals surface area contributed by atoms with Gasteiger partial charge in [-0.25, -0.2) is 4.98 Å². The first kappa shape index (κ1) is 10.6. The molecular formula is C10H12BrN3O. The minimum atomic E-state index is 0.0166. The number of rotatable bonds is 1. The van der Waals surface area contributed by atoms with Crippen molar-refractivity contribution in [2.24, 2.45) is 5.73 Å². The summed E-state index contributed by atoms with van der Waals surface area (Å²) in [6.45, 7) is 1.39. The van der Waals surface area contributed by atoms with Gasteiger partial charge in [0.2, 0.25) is 0 Å². The molecule has 1 aromatic heterocycles. The molecule has 1 fully saturated rings. The van der Waals surface area contributed by atoms with Crippen molar-refractivity contribution in [3.63, 3.8) is 0 Å². The summed E-state index contributed by atoms with van der Waals surface area (Å²) in [6, 6.07) is 3.66. The third-order valence-electron chi connectivity index (χ3n) is 2.49. The van der Waals surface area contributed by atoms with Gasteiger partial charge in [-0.05, 0) is 34.5 Å². The van der Waals surface area contributed by atoms with E-state index in [9.17, 15) is 4.79 Å². The molecule has 1 atom stereocenters. The molecule has 15 heavy (non-hydrogen) atoms. The maximum absolute atomic E-state index is 11.9. The van der Waals surface area contributed by atoms with Crippen molar-refractivity contribution in [3.05, 3.63) is 28.5 Å². The lowest BCUT2D eigenvalue weighted by atomic mass is 10.2. The molecule has 1 unspecified atom stereocenters. The molecule has 2 heterocycles. The Hall–Kier alpha value is -0.940. The van der Waals surface area contributed by atoms with E-state index in [0.29, 0.717) is 12.1 Å². The monoisotopic (exact) mass is 269 g/mol. The van der Waals surface area contributed by atoms with E-state index in [2.05, 4.69) is 20.9 Å². The van der Waals surface area contributed by atoms with Crippen molar-refractivity contribution in [1.29, 1.82) is 0 Å². The lowest BCUT2D eigenvalue weighted by Gasteiger charge is -2.15. The molecule has 0 spiro atoms. The molecule has 1 aliphatic rings. The largest absolute Gasteiger partial charge is 0.337 e. The second-order valence-corrected chi connectivity index (χ2v) is 4.48. The molecule has 0 saturated carbocycles. The summed E-state index contributed by atoms with van der Waals surface area (Å²) in [4.78, 5) is 17.7. The van der Waals surface area contributed by atoms with E-state index >= 15 is 0 Å². The number of nitrogens with two attached hydrogens (primary N) is 1. The molecule has 0 bridgehead atoms. The molecule has 1 aromatic rings. The van der Waals surface area contributed by atoms with Crippen LogP contribution in [0.4, 0.5) is 0 Å². The van der Waals surface area contributed by atoms with E-state index in [4.69, 9.17) is 5.73 Å². The minimum absolute atomic E-state index is 0.0166. The molecule has 80 valence electrons. The first-order valence-electron chi connectivity index (χ1n) is 4.83. The van der Waals surface area contributed by atoms with Gasteiger partial charge < -0.3 is 10.6 Å². The van der Waals surface area contributed by atoms with Crippen LogP contribution >= 0.6 is 15.9 Å². The van der Waals surface area contributed by atoms with Gasteiger partial charge >= 0.3 is 0 Å². The molecule has 4 nitrogen and oxygen atoms in total. The normalized spacial score (nSPS) is 20.7. The molecule has 5 heteroatoms. The Kier molecular flexibility index (Phi) is 3.02. The molecule has 0 aromatic carbocycles. The van der Waals surface area contributed by atoms with E-state index in [1.54, 1.807) is 23.2 Å². The van der Waals surface area contributed by atoms with Crippen molar-refractivity contribution in [3.8, 4) is 0 Å². The zero-order valence-corrected chi connectivity index (χ0v) is 9.77. The summed E-state index contributed by atoms with van der Waals surface area (Å²) in [5.41, 5.74) is 6.37. The average molecular weight is 270 g/mol. The van der Waals surface area contributed by atoms with Crippen LogP contribution in [0.2, 0.25) is 0 Å². The van der Waals surface area contributed by atoms with Crippen LogP contribution in [0, 0.1) is 0 Å². The van der Waals surface area contributed by atoms with Crippen LogP contribution < -0.4 is 5.73 Å². The zero-order valence-electron chi connectivity index (χ0n) is 8.19. The Labute approximate surface area is 96.6 Å². The van der Waals surface area contributed by atoms with E-state index in [0.717, 1.165) is 17.6 Å². The number of hydrogen-bond acceptors (Lipinski definition) is 3. The molecule has 0 aliphatic carbocycles. The summed E-state index contributed by atoms with van der Waals surface area (Å²) in [5.74, 6) is 0.0166. The number of aromatic nitrogens is 1. The van der Waals surface area contributed by atoms with Gasteiger partial charge in [-0.2, -0.15) is 0 Å². The maximum Gasteiger partial charge on any atom is 0.255 e. The van der Waals surface area contributed by atoms with E-state index in [1.807, 2.05) is 0 Å². The van der Waals surface area contributed by atoms with Gasteiger partial charge in [0.15, 0.2) is 0 Å². The second kappa shape index (κ2) is 4.28. The predicted molar refractivity (Wildman–Crippen MR) is 60.4 cm³/mol. The number of amides is 1. The van der Waals surface area contributed by atoms with Crippen molar-refractivity contribution in [2.75, 3.05) is 13.1 Å². The number of carbonyl (C=O) groups is 1. The Morgan fingerprint density at radius 3 is 2.93 bits per heavy atom. The van der Waals surface area contributed by atoms with Gasteiger partial charge in [0.1, 0.15) is 4.60 Å². The standard InChI is InChI=1S/C10H12BrN3O/c11-9-2-1-7(5-13-9)10(15)14-4-3-8(12)6-14/h1-2,5,8H,3-4,6,12H2. The van der Waals surface area contributed by atoms with Gasteiger partial charge in [-0.3, -0.25) is 4.79 Å². The fraction of sp³-hybridized carbons (Fsp3) is 0.400. The van der Waals surface area contributed by atoms with Gasteiger partial charge in [0.05, 0.1) is 5.56 Å². The Balaban J connectivity index is 2.11. The Morgan fingerprint density at radius 2 is 2.40 bits per heavy atom. The lowest BCUT2D eigenvalue weighted by molar-refractivity contribution is 0.0790. The zero-order chi connectivity index (χ0) is 10.8. The van der Waals surface area contributed by atoms with E-state index in [-0.39, 0.29) is 11.9 Å². The third kappa shape index (κ3) is 2.35. The molecule has 0 radical (unpaired) electrons. The summed E-state index contributed by atoms with van der Waals surface area (Å²) in [5, 5.41) is 0. The first-order chi connectivity index (χ1) is 7.16. The van der Waals surface area contributed by atoms with Crippen molar-refractivity contribution in [2.45, 2.75) is 12.5 Å². The van der Waals surface area contributed by atoms with Crippen LogP contribution in [-0.2, 0) is 0 Å². The van der Waals surface area contributed by atoms with Crippen LogP contribution in [0.25, 0.3) is 0 Å². The summed E-state index contributed by atoms with van der Waals surface area (Å²) in [6.07, 6.45) is 2.46. The molecule has 2 N–H and O–H groups in total. The Bertz CT molecular complexity index is 365. The number of hydrogen-bond donors (Lipinski definition) is 1. The van der Waals surface area contributed by atoms with E-state index < -0.39 is 0 Å². The summed E-state index contributed by atoms with van der Waals surface area (Å²) < 4.78 is 0.733. The van der Waals surface area contributed by atoms with Crippen molar-refractivity contribution in [1.82, 2.24) is 9.88 Å². The highest BCUT2D eigenvalue weighted by Gasteiger charge is 2.24. The van der Waals surface area contributed by atoms with E-state index in [1.165, 1.54) is 0 Å². The molecular weight excluding hydrogens is 258 g/mol. The van der Waals surface area contributed by atoms with Crippen LogP contribution in [0.3, 0.4) is 0 Å². The summed E-state index contributed by atoms with van der Waals surface area (Å²) >= 11 is 3.23. The number of likely N-dealkylation sites (tertiary alicyclic amines) is 1. The number of pyridine rings is 1. The molecule has 1 amide bonds. The Morgan fingerprint density at radius 1 is 1.60 bits per heavy atom. The second-order valence-electron chi connectivity index (χ2n) is 3.67. The highest BCUT2D eigenvalue weighted by atomic mass is 79.9. The van der Waals surface area contributed by atoms with Crippen LogP contribution in [0.1, 0.15) is 16.8 Å². The quantitative estimate of drug-likeness (QED) is 0.775. The maximum atomic E-state index is 11.9. The third-order valence-corrected chi connectivity index (χ3v) is 2.96. The highest BCUT2D eigenvalue weighted by Crippen LogP contribution is 2.13. The number of carbonyl (C=O) groups excluding carboxylic acids is 1. The molecule has 1 saturated heterocycles. The topological polar surface area (TPSA) is 59.2 Å². The predicted octanol–water partition coefficient (Wildman–Crippen LogP) is 1.02. The molecule has 2 rings (SSSR count). The average Bonchev–Trinajstić information content (AvgIpc) is 2.65. The summed E-state index contributed by atoms with van der Waals surface area (Å²) in [7, 11) is 0. The van der Waals surface area contributed by atoms with Crippen LogP contribution in [0.5, 0.6) is 0 Å². The van der Waals surface area contributed by atoms with Crippen LogP contribution in [0.15, 0.2) is 22.9 Å². The van der Waals surface area contributed by atoms with Gasteiger partial charge in [0, 0.05) is 25.3 Å². The van der Waals surface area contributed by atoms with Crippen LogP contribution in [-0.4, -0.2) is 34.9 Å². The fourth-order valence-corrected chi connectivity index (χ4v) is 1.89. The smallest absolute Gasteiger partial charge is 0.255 e. The van der Waals surface area contributed by atoms with Gasteiger partial charge in [-0.1, -0.05) is 0 Å². The first-order valence-corrected chi connectivity index (χ1v) is 5.62. The lowest BCUT2D eigenvalue weighted by Crippen LogP contribution is -2.31.